The zero-order valence-corrected chi connectivity index (χ0v) is 17.1. The average Bonchev–Trinajstić information content (AvgIpc) is 2.71. The van der Waals surface area contributed by atoms with E-state index in [1.807, 2.05) is 0 Å². The molecule has 3 atom stereocenters. The van der Waals surface area contributed by atoms with Crippen LogP contribution in [-0.2, 0) is 19.1 Å². The van der Waals surface area contributed by atoms with Crippen molar-refractivity contribution in [1.29, 1.82) is 0 Å². The highest BCUT2D eigenvalue weighted by Crippen LogP contribution is 2.36. The van der Waals surface area contributed by atoms with Crippen LogP contribution in [0.5, 0.6) is 0 Å². The van der Waals surface area contributed by atoms with E-state index in [1.54, 1.807) is 0 Å². The van der Waals surface area contributed by atoms with Gasteiger partial charge in [0.25, 0.3) is 0 Å². The van der Waals surface area contributed by atoms with E-state index in [2.05, 4.69) is 6.92 Å². The first-order chi connectivity index (χ1) is 13.1. The zero-order chi connectivity index (χ0) is 19.1. The molecule has 3 unspecified atom stereocenters. The lowest BCUT2D eigenvalue weighted by atomic mass is 9.74. The van der Waals surface area contributed by atoms with E-state index in [0.717, 1.165) is 19.3 Å². The minimum Gasteiger partial charge on any atom is -0.465 e. The van der Waals surface area contributed by atoms with Gasteiger partial charge in [0.1, 0.15) is 0 Å². The molecule has 0 bridgehead atoms. The molecule has 4 nitrogen and oxygen atoms in total. The topological polar surface area (TPSA) is 52.6 Å². The van der Waals surface area contributed by atoms with Gasteiger partial charge in [-0.1, -0.05) is 45.4 Å². The van der Waals surface area contributed by atoms with Crippen molar-refractivity contribution in [2.24, 2.45) is 29.6 Å². The molecule has 0 N–H and O–H groups in total. The summed E-state index contributed by atoms with van der Waals surface area (Å²) < 4.78 is 11.4. The predicted octanol–water partition coefficient (Wildman–Crippen LogP) is 5.29. The number of carbonyl (C=O) groups is 2. The van der Waals surface area contributed by atoms with Crippen LogP contribution in [0.3, 0.4) is 0 Å². The van der Waals surface area contributed by atoms with Crippen molar-refractivity contribution in [1.82, 2.24) is 0 Å². The molecule has 3 aliphatic rings. The third kappa shape index (κ3) is 6.22. The molecule has 0 heterocycles. The smallest absolute Gasteiger partial charge is 0.309 e. The Kier molecular flexibility index (Phi) is 8.02. The molecule has 4 heteroatoms. The minimum absolute atomic E-state index is 0.160. The van der Waals surface area contributed by atoms with Crippen LogP contribution in [0, 0.1) is 29.6 Å². The first-order valence-corrected chi connectivity index (χ1v) is 11.5. The molecule has 0 aliphatic heterocycles. The molecule has 0 aromatic heterocycles. The monoisotopic (exact) mass is 378 g/mol. The van der Waals surface area contributed by atoms with Crippen molar-refractivity contribution in [2.75, 3.05) is 13.2 Å². The number of hydrogen-bond donors (Lipinski definition) is 0. The average molecular weight is 379 g/mol. The van der Waals surface area contributed by atoms with Crippen LogP contribution in [0.25, 0.3) is 0 Å². The van der Waals surface area contributed by atoms with Crippen LogP contribution in [0.4, 0.5) is 0 Å². The Bertz CT molecular complexity index is 477. The molecule has 3 aliphatic carbocycles. The molecule has 0 saturated heterocycles. The van der Waals surface area contributed by atoms with Crippen molar-refractivity contribution >= 4 is 11.9 Å². The molecule has 0 aromatic rings. The van der Waals surface area contributed by atoms with Crippen LogP contribution in [0.1, 0.15) is 90.4 Å². The van der Waals surface area contributed by atoms with Gasteiger partial charge < -0.3 is 9.47 Å². The maximum atomic E-state index is 12.8. The van der Waals surface area contributed by atoms with Crippen LogP contribution in [-0.4, -0.2) is 25.2 Å². The van der Waals surface area contributed by atoms with Gasteiger partial charge >= 0.3 is 11.9 Å². The third-order valence-electron chi connectivity index (χ3n) is 7.09. The summed E-state index contributed by atoms with van der Waals surface area (Å²) in [7, 11) is 0. The van der Waals surface area contributed by atoms with E-state index in [-0.39, 0.29) is 23.8 Å². The quantitative estimate of drug-likeness (QED) is 0.590. The molecule has 0 amide bonds. The molecule has 3 rings (SSSR count). The maximum Gasteiger partial charge on any atom is 0.309 e. The minimum atomic E-state index is -0.309. The molecular formula is C23H38O4. The van der Waals surface area contributed by atoms with E-state index >= 15 is 0 Å². The Morgan fingerprint density at radius 1 is 0.667 bits per heavy atom. The first kappa shape index (κ1) is 20.7. The van der Waals surface area contributed by atoms with E-state index in [0.29, 0.717) is 31.0 Å². The second-order valence-electron chi connectivity index (χ2n) is 9.40. The second kappa shape index (κ2) is 10.5. The van der Waals surface area contributed by atoms with Gasteiger partial charge in [0, 0.05) is 0 Å². The predicted molar refractivity (Wildman–Crippen MR) is 105 cm³/mol. The Hall–Kier alpha value is -1.06. The fourth-order valence-electron chi connectivity index (χ4n) is 5.25. The highest BCUT2D eigenvalue weighted by molar-refractivity contribution is 5.82. The lowest BCUT2D eigenvalue weighted by Gasteiger charge is -2.33. The summed E-state index contributed by atoms with van der Waals surface area (Å²) in [4.78, 5) is 25.5. The van der Waals surface area contributed by atoms with Gasteiger partial charge in [-0.25, -0.2) is 0 Å². The van der Waals surface area contributed by atoms with E-state index in [1.165, 1.54) is 64.2 Å². The maximum absolute atomic E-state index is 12.8. The summed E-state index contributed by atoms with van der Waals surface area (Å²) in [5.74, 6) is 0.570. The summed E-state index contributed by atoms with van der Waals surface area (Å²) >= 11 is 0. The van der Waals surface area contributed by atoms with Crippen LogP contribution in [0.15, 0.2) is 0 Å². The van der Waals surface area contributed by atoms with Gasteiger partial charge in [0.2, 0.25) is 0 Å². The van der Waals surface area contributed by atoms with Crippen molar-refractivity contribution in [3.63, 3.8) is 0 Å². The summed E-state index contributed by atoms with van der Waals surface area (Å²) in [6.45, 7) is 3.24. The first-order valence-electron chi connectivity index (χ1n) is 11.5. The van der Waals surface area contributed by atoms with Gasteiger partial charge in [0.05, 0.1) is 25.0 Å². The highest BCUT2D eigenvalue weighted by Gasteiger charge is 2.40. The Balaban J connectivity index is 1.49. The molecule has 154 valence electrons. The Morgan fingerprint density at radius 3 is 1.67 bits per heavy atom. The van der Waals surface area contributed by atoms with Gasteiger partial charge in [-0.2, -0.15) is 0 Å². The number of carbonyl (C=O) groups excluding carboxylic acids is 2. The largest absolute Gasteiger partial charge is 0.465 e. The molecule has 3 saturated carbocycles. The SMILES string of the molecule is CC1CCC(C(=O)OCC2CCCCC2)C(C(=O)OCC2CCCCC2)C1. The third-order valence-corrected chi connectivity index (χ3v) is 7.09. The number of rotatable bonds is 6. The number of ether oxygens (including phenoxy) is 2. The summed E-state index contributed by atoms with van der Waals surface area (Å²) in [5.41, 5.74) is 0. The summed E-state index contributed by atoms with van der Waals surface area (Å²) in [6, 6.07) is 0. The number of hydrogen-bond acceptors (Lipinski definition) is 4. The number of esters is 2. The van der Waals surface area contributed by atoms with Crippen LogP contribution < -0.4 is 0 Å². The highest BCUT2D eigenvalue weighted by atomic mass is 16.5. The lowest BCUT2D eigenvalue weighted by molar-refractivity contribution is -0.165. The van der Waals surface area contributed by atoms with Crippen LogP contribution in [0.2, 0.25) is 0 Å². The lowest BCUT2D eigenvalue weighted by Crippen LogP contribution is -2.38. The molecule has 0 radical (unpaired) electrons. The van der Waals surface area contributed by atoms with Crippen molar-refractivity contribution in [3.8, 4) is 0 Å². The fourth-order valence-corrected chi connectivity index (χ4v) is 5.25. The van der Waals surface area contributed by atoms with Gasteiger partial charge in [0.15, 0.2) is 0 Å². The van der Waals surface area contributed by atoms with Gasteiger partial charge in [-0.05, 0) is 62.7 Å². The standard InChI is InChI=1S/C23H38O4/c1-17-12-13-20(22(24)26-15-18-8-4-2-5-9-18)21(14-17)23(25)27-16-19-10-6-3-7-11-19/h17-21H,2-16H2,1H3. The Morgan fingerprint density at radius 2 is 1.15 bits per heavy atom. The van der Waals surface area contributed by atoms with Crippen LogP contribution >= 0.6 is 0 Å². The molecule has 3 fully saturated rings. The van der Waals surface area contributed by atoms with Crippen molar-refractivity contribution in [2.45, 2.75) is 90.4 Å². The molecule has 0 spiro atoms. The normalized spacial score (nSPS) is 30.6. The van der Waals surface area contributed by atoms with Gasteiger partial charge in [-0.3, -0.25) is 9.59 Å². The summed E-state index contributed by atoms with van der Waals surface area (Å²) in [6.07, 6.45) is 14.8. The van der Waals surface area contributed by atoms with Gasteiger partial charge in [-0.15, -0.1) is 0 Å². The van der Waals surface area contributed by atoms with E-state index in [9.17, 15) is 9.59 Å². The molecular weight excluding hydrogens is 340 g/mol. The van der Waals surface area contributed by atoms with Crippen molar-refractivity contribution < 1.29 is 19.1 Å². The summed E-state index contributed by atoms with van der Waals surface area (Å²) in [5, 5.41) is 0. The molecule has 0 aromatic carbocycles. The van der Waals surface area contributed by atoms with E-state index in [4.69, 9.17) is 9.47 Å². The molecule has 27 heavy (non-hydrogen) atoms. The zero-order valence-electron chi connectivity index (χ0n) is 17.1. The second-order valence-corrected chi connectivity index (χ2v) is 9.40. The van der Waals surface area contributed by atoms with E-state index < -0.39 is 0 Å². The van der Waals surface area contributed by atoms with Crippen molar-refractivity contribution in [3.05, 3.63) is 0 Å². The fraction of sp³-hybridized carbons (Fsp3) is 0.913. The Labute approximate surface area is 164 Å².